The van der Waals surface area contributed by atoms with Crippen LogP contribution >= 0.6 is 0 Å². The van der Waals surface area contributed by atoms with Crippen molar-refractivity contribution in [2.24, 2.45) is 5.41 Å². The molecule has 10 rings (SSSR count). The SMILES string of the molecule is Fc1ccc[c-]c1-c1ccccn1.[2H]C([2H])([2H])c1ccc2c(n1)oc1c(-c3nc4ccccc4n3-c3c(C(C)C)cc(-c4ccc(C5([2H])CCC(C)(C)CC5)cc4)cc3C(C)C)[c-]ccc12.[Ir]. The number of aryl methyl sites for hydroxylation is 1. The molecule has 1 saturated carbocycles. The summed E-state index contributed by atoms with van der Waals surface area (Å²) in [6.07, 6.45) is 5.57. The van der Waals surface area contributed by atoms with Crippen LogP contribution in [0.5, 0.6) is 0 Å². The number of hydrogen-bond donors (Lipinski definition) is 0. The van der Waals surface area contributed by atoms with E-state index in [1.165, 1.54) is 17.2 Å². The van der Waals surface area contributed by atoms with Crippen molar-refractivity contribution in [3.8, 4) is 39.5 Å². The maximum Gasteiger partial charge on any atom is 0.216 e. The summed E-state index contributed by atoms with van der Waals surface area (Å²) in [5.74, 6) is 0.249. The molecular weight excluding hydrogens is 956 g/mol. The fourth-order valence-corrected chi connectivity index (χ4v) is 8.73. The second kappa shape index (κ2) is 18.2. The van der Waals surface area contributed by atoms with Gasteiger partial charge in [0.2, 0.25) is 5.71 Å². The number of imidazole rings is 1. The number of para-hydroxylation sites is 2. The molecule has 0 N–H and O–H groups in total. The van der Waals surface area contributed by atoms with Gasteiger partial charge >= 0.3 is 0 Å². The number of nitrogens with zero attached hydrogens (tertiary/aromatic N) is 4. The second-order valence-electron chi connectivity index (χ2n) is 17.8. The average molecular weight is 1010 g/mol. The summed E-state index contributed by atoms with van der Waals surface area (Å²) >= 11 is 0. The van der Waals surface area contributed by atoms with Crippen LogP contribution in [0.4, 0.5) is 4.39 Å². The van der Waals surface area contributed by atoms with Crippen molar-refractivity contribution in [2.45, 2.75) is 91.8 Å². The minimum absolute atomic E-state index is 0. The van der Waals surface area contributed by atoms with Crippen LogP contribution < -0.4 is 0 Å². The van der Waals surface area contributed by atoms with Crippen LogP contribution in [0.25, 0.3) is 72.6 Å². The van der Waals surface area contributed by atoms with Crippen molar-refractivity contribution >= 4 is 33.1 Å². The molecule has 5 nitrogen and oxygen atoms in total. The normalized spacial score (nSPS) is 15.6. The largest absolute Gasteiger partial charge is 0.486 e. The quantitative estimate of drug-likeness (QED) is 0.149. The summed E-state index contributed by atoms with van der Waals surface area (Å²) < 4.78 is 54.9. The van der Waals surface area contributed by atoms with Crippen LogP contribution in [0.15, 0.2) is 132 Å². The van der Waals surface area contributed by atoms with Gasteiger partial charge in [-0.25, -0.2) is 4.98 Å². The van der Waals surface area contributed by atoms with E-state index >= 15 is 0 Å². The van der Waals surface area contributed by atoms with E-state index in [2.05, 4.69) is 111 Å². The van der Waals surface area contributed by atoms with Crippen LogP contribution in [-0.2, 0) is 20.1 Å². The van der Waals surface area contributed by atoms with Gasteiger partial charge in [0.25, 0.3) is 0 Å². The first-order valence-corrected chi connectivity index (χ1v) is 21.6. The van der Waals surface area contributed by atoms with Crippen LogP contribution in [0.2, 0.25) is 0 Å². The Kier molecular flexibility index (Phi) is 11.2. The number of furan rings is 1. The molecular formula is C56H53FIrN4O-2. The summed E-state index contributed by atoms with van der Waals surface area (Å²) in [5.41, 5.74) is 11.6. The number of hydrogen-bond acceptors (Lipinski definition) is 4. The van der Waals surface area contributed by atoms with E-state index in [0.29, 0.717) is 33.6 Å². The molecule has 0 spiro atoms. The van der Waals surface area contributed by atoms with Crippen molar-refractivity contribution in [3.63, 3.8) is 0 Å². The zero-order chi connectivity index (χ0) is 46.5. The van der Waals surface area contributed by atoms with E-state index in [1.54, 1.807) is 42.6 Å². The first-order chi connectivity index (χ1) is 31.5. The van der Waals surface area contributed by atoms with Gasteiger partial charge < -0.3 is 14.0 Å². The Labute approximate surface area is 389 Å². The topological polar surface area (TPSA) is 56.7 Å². The van der Waals surface area contributed by atoms with Gasteiger partial charge in [0.1, 0.15) is 0 Å². The number of aromatic nitrogens is 4. The van der Waals surface area contributed by atoms with E-state index in [1.807, 2.05) is 36.4 Å². The Morgan fingerprint density at radius 1 is 0.778 bits per heavy atom. The van der Waals surface area contributed by atoms with E-state index in [4.69, 9.17) is 13.5 Å². The molecule has 0 saturated heterocycles. The molecule has 63 heavy (non-hydrogen) atoms. The molecule has 9 aromatic rings. The predicted octanol–water partition coefficient (Wildman–Crippen LogP) is 15.4. The molecule has 1 radical (unpaired) electrons. The molecule has 0 bridgehead atoms. The number of benzene rings is 5. The standard InChI is InChI=1S/C45H46N3O.C11H7FN.Ir/c1-27(2)37-25-33(31-18-16-30(17-19-31)32-21-23-45(6,7)24-22-32)26-38(28(3)4)41(37)48-40-14-9-8-13-39(40)47-43(48)36-12-10-11-34-35-20-15-29(5)46-44(35)49-42(34)36;12-10-6-2-1-5-9(10)11-7-3-4-8-13-11;/h8-11,13-20,25-28,32H,21-24H2,1-7H3;1-4,6-8H;/q2*-1;/i5D3,32D;;. The van der Waals surface area contributed by atoms with Gasteiger partial charge in [-0.1, -0.05) is 107 Å². The zero-order valence-electron chi connectivity index (χ0n) is 40.5. The molecule has 4 heterocycles. The number of rotatable bonds is 7. The van der Waals surface area contributed by atoms with E-state index in [9.17, 15) is 5.76 Å². The molecule has 1 aliphatic rings. The van der Waals surface area contributed by atoms with Crippen molar-refractivity contribution < 1.29 is 34.4 Å². The molecule has 321 valence electrons. The molecule has 0 amide bonds. The number of halogens is 1. The van der Waals surface area contributed by atoms with Crippen molar-refractivity contribution in [1.29, 1.82) is 0 Å². The summed E-state index contributed by atoms with van der Waals surface area (Å²) in [5, 5.41) is 1.57. The Hall–Kier alpha value is -5.75. The fourth-order valence-electron chi connectivity index (χ4n) is 8.73. The molecule has 7 heteroatoms. The van der Waals surface area contributed by atoms with Gasteiger partial charge in [-0.05, 0) is 132 Å². The summed E-state index contributed by atoms with van der Waals surface area (Å²) in [7, 11) is 0. The monoisotopic (exact) mass is 1010 g/mol. The van der Waals surface area contributed by atoms with Gasteiger partial charge in [0, 0.05) is 54.4 Å². The first kappa shape index (κ1) is 38.9. The molecule has 0 aliphatic heterocycles. The third-order valence-electron chi connectivity index (χ3n) is 12.3. The van der Waals surface area contributed by atoms with Crippen molar-refractivity contribution in [2.75, 3.05) is 0 Å². The molecule has 0 atom stereocenters. The van der Waals surface area contributed by atoms with Gasteiger partial charge in [0.15, 0.2) is 0 Å². The van der Waals surface area contributed by atoms with E-state index in [0.717, 1.165) is 69.9 Å². The number of pyridine rings is 2. The van der Waals surface area contributed by atoms with Crippen LogP contribution in [0, 0.1) is 30.2 Å². The van der Waals surface area contributed by atoms with Gasteiger partial charge in [0.05, 0.1) is 22.4 Å². The Morgan fingerprint density at radius 2 is 1.49 bits per heavy atom. The van der Waals surface area contributed by atoms with Gasteiger partial charge in [-0.2, -0.15) is 0 Å². The van der Waals surface area contributed by atoms with E-state index < -0.39 is 12.7 Å². The summed E-state index contributed by atoms with van der Waals surface area (Å²) in [6, 6.07) is 45.1. The number of fused-ring (bicyclic) bond motifs is 4. The predicted molar refractivity (Wildman–Crippen MR) is 252 cm³/mol. The van der Waals surface area contributed by atoms with Gasteiger partial charge in [-0.3, -0.25) is 9.37 Å². The fraction of sp³-hybridized carbons (Fsp3) is 0.268. The maximum absolute atomic E-state index is 13.2. The van der Waals surface area contributed by atoms with E-state index in [-0.39, 0.29) is 49.2 Å². The maximum atomic E-state index is 13.2. The minimum atomic E-state index is -2.35. The van der Waals surface area contributed by atoms with Crippen molar-refractivity contribution in [1.82, 2.24) is 19.5 Å². The van der Waals surface area contributed by atoms with Crippen LogP contribution in [-0.4, -0.2) is 19.5 Å². The molecule has 1 aliphatic carbocycles. The average Bonchev–Trinajstić information content (AvgIpc) is 3.88. The molecule has 0 unspecified atom stereocenters. The molecule has 5 aromatic carbocycles. The third-order valence-corrected chi connectivity index (χ3v) is 12.3. The molecule has 1 fully saturated rings. The van der Waals surface area contributed by atoms with Crippen LogP contribution in [0.1, 0.15) is 113 Å². The summed E-state index contributed by atoms with van der Waals surface area (Å²) in [4.78, 5) is 13.7. The van der Waals surface area contributed by atoms with Crippen LogP contribution in [0.3, 0.4) is 0 Å². The van der Waals surface area contributed by atoms with Crippen molar-refractivity contribution in [3.05, 3.63) is 168 Å². The Balaban J connectivity index is 0.000000374. The Morgan fingerprint density at radius 3 is 2.17 bits per heavy atom. The third kappa shape index (κ3) is 8.79. The molecule has 4 aromatic heterocycles. The first-order valence-electron chi connectivity index (χ1n) is 23.6. The smallest absolute Gasteiger partial charge is 0.216 e. The minimum Gasteiger partial charge on any atom is -0.486 e. The Bertz CT molecular complexity index is 3170. The zero-order valence-corrected chi connectivity index (χ0v) is 38.9. The van der Waals surface area contributed by atoms with Gasteiger partial charge in [-0.15, -0.1) is 42.5 Å². The second-order valence-corrected chi connectivity index (χ2v) is 17.8. The summed E-state index contributed by atoms with van der Waals surface area (Å²) in [6.45, 7) is 11.3.